The van der Waals surface area contributed by atoms with E-state index in [1.165, 1.54) is 0 Å². The molecule has 0 amide bonds. The second-order valence-corrected chi connectivity index (χ2v) is 6.45. The van der Waals surface area contributed by atoms with Crippen LogP contribution in [0.1, 0.15) is 33.3 Å². The molecule has 3 N–H and O–H groups in total. The SMILES string of the molecule is CNCC(=Cc1cnn(C)c1N)B1OC(C)(C)C(C)(C)O1. The van der Waals surface area contributed by atoms with Gasteiger partial charge in [-0.2, -0.15) is 5.10 Å². The molecule has 0 unspecified atom stereocenters. The molecule has 2 heterocycles. The molecule has 0 bridgehead atoms. The van der Waals surface area contributed by atoms with Crippen molar-refractivity contribution >= 4 is 19.0 Å². The van der Waals surface area contributed by atoms with Gasteiger partial charge >= 0.3 is 7.12 Å². The number of likely N-dealkylation sites (N-methyl/N-ethyl adjacent to an activating group) is 1. The molecule has 7 heteroatoms. The third-order valence-corrected chi connectivity index (χ3v) is 4.29. The number of nitrogen functional groups attached to an aromatic ring is 1. The first-order chi connectivity index (χ1) is 9.68. The quantitative estimate of drug-likeness (QED) is 0.817. The van der Waals surface area contributed by atoms with Crippen LogP contribution >= 0.6 is 0 Å². The number of aromatic nitrogens is 2. The van der Waals surface area contributed by atoms with Crippen LogP contribution in [0.3, 0.4) is 0 Å². The summed E-state index contributed by atoms with van der Waals surface area (Å²) < 4.78 is 13.8. The second-order valence-electron chi connectivity index (χ2n) is 6.45. The van der Waals surface area contributed by atoms with E-state index in [2.05, 4.69) is 10.4 Å². The Morgan fingerprint density at radius 1 is 1.38 bits per heavy atom. The molecule has 1 aliphatic heterocycles. The van der Waals surface area contributed by atoms with Crippen molar-refractivity contribution in [2.45, 2.75) is 38.9 Å². The number of nitrogens with one attached hydrogen (secondary N) is 1. The van der Waals surface area contributed by atoms with Crippen molar-refractivity contribution in [1.29, 1.82) is 0 Å². The molecule has 0 aromatic carbocycles. The van der Waals surface area contributed by atoms with Crippen LogP contribution in [-0.4, -0.2) is 41.7 Å². The van der Waals surface area contributed by atoms with Gasteiger partial charge in [0, 0.05) is 19.2 Å². The van der Waals surface area contributed by atoms with Crippen molar-refractivity contribution in [2.75, 3.05) is 19.3 Å². The van der Waals surface area contributed by atoms with Crippen molar-refractivity contribution in [3.8, 4) is 0 Å². The molecule has 116 valence electrons. The predicted molar refractivity (Wildman–Crippen MR) is 85.6 cm³/mol. The van der Waals surface area contributed by atoms with Gasteiger partial charge in [0.2, 0.25) is 0 Å². The number of nitrogens with two attached hydrogens (primary N) is 1. The first-order valence-electron chi connectivity index (χ1n) is 7.16. The average Bonchev–Trinajstić information content (AvgIpc) is 2.79. The first-order valence-corrected chi connectivity index (χ1v) is 7.16. The molecular weight excluding hydrogens is 267 g/mol. The van der Waals surface area contributed by atoms with Crippen molar-refractivity contribution < 1.29 is 9.31 Å². The summed E-state index contributed by atoms with van der Waals surface area (Å²) in [6.45, 7) is 8.83. The lowest BCUT2D eigenvalue weighted by Gasteiger charge is -2.32. The Kier molecular flexibility index (Phi) is 4.19. The summed E-state index contributed by atoms with van der Waals surface area (Å²) in [5, 5.41) is 7.31. The van der Waals surface area contributed by atoms with Crippen LogP contribution in [0.2, 0.25) is 0 Å². The highest BCUT2D eigenvalue weighted by Crippen LogP contribution is 2.38. The summed E-state index contributed by atoms with van der Waals surface area (Å²) in [5.74, 6) is 0.625. The van der Waals surface area contributed by atoms with Gasteiger partial charge in [-0.25, -0.2) is 0 Å². The Bertz CT molecular complexity index is 535. The highest BCUT2D eigenvalue weighted by Gasteiger charge is 2.52. The molecule has 2 rings (SSSR count). The minimum Gasteiger partial charge on any atom is -0.400 e. The standard InChI is InChI=1S/C14H25BN4O2/c1-13(2)14(3,4)21-15(20-13)11(9-17-5)7-10-8-18-19(6)12(10)16/h7-8,17H,9,16H2,1-6H3. The minimum absolute atomic E-state index is 0.356. The maximum absolute atomic E-state index is 6.10. The molecule has 0 aliphatic carbocycles. The molecule has 1 aromatic rings. The lowest BCUT2D eigenvalue weighted by molar-refractivity contribution is 0.00578. The van der Waals surface area contributed by atoms with E-state index in [-0.39, 0.29) is 18.3 Å². The van der Waals surface area contributed by atoms with Crippen LogP contribution in [0.15, 0.2) is 11.7 Å². The Morgan fingerprint density at radius 2 is 1.95 bits per heavy atom. The smallest absolute Gasteiger partial charge is 0.400 e. The number of rotatable bonds is 4. The monoisotopic (exact) mass is 292 g/mol. The van der Waals surface area contributed by atoms with Crippen LogP contribution in [0, 0.1) is 0 Å². The van der Waals surface area contributed by atoms with Crippen LogP contribution in [0.25, 0.3) is 6.08 Å². The normalized spacial score (nSPS) is 21.0. The molecule has 1 saturated heterocycles. The van der Waals surface area contributed by atoms with Gasteiger partial charge in [-0.3, -0.25) is 4.68 Å². The van der Waals surface area contributed by atoms with Crippen molar-refractivity contribution in [3.63, 3.8) is 0 Å². The predicted octanol–water partition coefficient (Wildman–Crippen LogP) is 1.24. The summed E-state index contributed by atoms with van der Waals surface area (Å²) in [6, 6.07) is 0. The summed E-state index contributed by atoms with van der Waals surface area (Å²) in [4.78, 5) is 0. The van der Waals surface area contributed by atoms with Crippen LogP contribution in [-0.2, 0) is 16.4 Å². The van der Waals surface area contributed by atoms with Gasteiger partial charge in [0.25, 0.3) is 0 Å². The maximum Gasteiger partial charge on any atom is 0.491 e. The largest absolute Gasteiger partial charge is 0.491 e. The highest BCUT2D eigenvalue weighted by atomic mass is 16.7. The minimum atomic E-state index is -0.387. The van der Waals surface area contributed by atoms with E-state index in [0.717, 1.165) is 11.0 Å². The van der Waals surface area contributed by atoms with Crippen molar-refractivity contribution in [1.82, 2.24) is 15.1 Å². The second kappa shape index (κ2) is 5.48. The van der Waals surface area contributed by atoms with Crippen molar-refractivity contribution in [2.24, 2.45) is 7.05 Å². The zero-order chi connectivity index (χ0) is 15.8. The van der Waals surface area contributed by atoms with E-state index < -0.39 is 0 Å². The first kappa shape index (κ1) is 16.1. The van der Waals surface area contributed by atoms with E-state index in [1.807, 2.05) is 47.9 Å². The number of anilines is 1. The van der Waals surface area contributed by atoms with Crippen molar-refractivity contribution in [3.05, 3.63) is 17.2 Å². The molecule has 1 aliphatic rings. The Labute approximate surface area is 126 Å². The molecule has 0 radical (unpaired) electrons. The maximum atomic E-state index is 6.10. The number of hydrogen-bond donors (Lipinski definition) is 2. The summed E-state index contributed by atoms with van der Waals surface area (Å²) in [6.07, 6.45) is 3.73. The van der Waals surface area contributed by atoms with Crippen LogP contribution in [0.4, 0.5) is 5.82 Å². The Balaban J connectivity index is 2.31. The van der Waals surface area contributed by atoms with Crippen LogP contribution in [0.5, 0.6) is 0 Å². The summed E-state index contributed by atoms with van der Waals surface area (Å²) in [5.41, 5.74) is 7.16. The molecule has 21 heavy (non-hydrogen) atoms. The van der Waals surface area contributed by atoms with E-state index >= 15 is 0 Å². The molecule has 0 spiro atoms. The molecule has 1 fully saturated rings. The number of nitrogens with zero attached hydrogens (tertiary/aromatic N) is 2. The van der Waals surface area contributed by atoms with Gasteiger partial charge in [0.1, 0.15) is 5.82 Å². The fourth-order valence-corrected chi connectivity index (χ4v) is 2.18. The van der Waals surface area contributed by atoms with Gasteiger partial charge in [-0.1, -0.05) is 6.08 Å². The van der Waals surface area contributed by atoms with E-state index in [1.54, 1.807) is 10.9 Å². The highest BCUT2D eigenvalue weighted by molar-refractivity contribution is 6.56. The molecule has 0 atom stereocenters. The van der Waals surface area contributed by atoms with Crippen LogP contribution < -0.4 is 11.1 Å². The number of hydrogen-bond acceptors (Lipinski definition) is 5. The fraction of sp³-hybridized carbons (Fsp3) is 0.643. The molecule has 1 aromatic heterocycles. The Hall–Kier alpha value is -1.31. The molecule has 6 nitrogen and oxygen atoms in total. The van der Waals surface area contributed by atoms with Gasteiger partial charge in [0.15, 0.2) is 0 Å². The summed E-state index contributed by atoms with van der Waals surface area (Å²) in [7, 11) is 3.33. The van der Waals surface area contributed by atoms with E-state index in [4.69, 9.17) is 15.0 Å². The average molecular weight is 292 g/mol. The van der Waals surface area contributed by atoms with Gasteiger partial charge < -0.3 is 20.4 Å². The zero-order valence-electron chi connectivity index (χ0n) is 13.7. The van der Waals surface area contributed by atoms with E-state index in [0.29, 0.717) is 12.4 Å². The molecular formula is C14H25BN4O2. The topological polar surface area (TPSA) is 74.3 Å². The van der Waals surface area contributed by atoms with Gasteiger partial charge in [-0.05, 0) is 40.2 Å². The fourth-order valence-electron chi connectivity index (χ4n) is 2.18. The number of aryl methyl sites for hydroxylation is 1. The van der Waals surface area contributed by atoms with Gasteiger partial charge in [0.05, 0.1) is 17.4 Å². The zero-order valence-corrected chi connectivity index (χ0v) is 13.7. The lowest BCUT2D eigenvalue weighted by atomic mass is 9.77. The van der Waals surface area contributed by atoms with Gasteiger partial charge in [-0.15, -0.1) is 0 Å². The molecule has 0 saturated carbocycles. The summed E-state index contributed by atoms with van der Waals surface area (Å²) >= 11 is 0. The lowest BCUT2D eigenvalue weighted by Crippen LogP contribution is -2.41. The Morgan fingerprint density at radius 3 is 2.38 bits per heavy atom. The van der Waals surface area contributed by atoms with E-state index in [9.17, 15) is 0 Å². The third kappa shape index (κ3) is 3.00. The third-order valence-electron chi connectivity index (χ3n) is 4.29.